The third-order valence-corrected chi connectivity index (χ3v) is 4.26. The van der Waals surface area contributed by atoms with Gasteiger partial charge in [-0.3, -0.25) is 13.6 Å². The molecule has 156 valence electrons. The van der Waals surface area contributed by atoms with Crippen molar-refractivity contribution in [1.29, 1.82) is 0 Å². The Morgan fingerprint density at radius 2 is 1.08 bits per heavy atom. The second-order valence-electron chi connectivity index (χ2n) is 6.72. The molecule has 0 aromatic carbocycles. The van der Waals surface area contributed by atoms with Crippen LogP contribution in [0.2, 0.25) is 0 Å². The maximum atomic E-state index is 12.0. The van der Waals surface area contributed by atoms with Crippen molar-refractivity contribution in [3.63, 3.8) is 0 Å². The summed E-state index contributed by atoms with van der Waals surface area (Å²) in [5.41, 5.74) is 0. The van der Waals surface area contributed by atoms with Gasteiger partial charge in [-0.25, -0.2) is 0 Å². The van der Waals surface area contributed by atoms with E-state index in [9.17, 15) is 13.6 Å². The number of rotatable bonds is 21. The van der Waals surface area contributed by atoms with Crippen LogP contribution in [0.15, 0.2) is 0 Å². The molecule has 0 aromatic heterocycles. The van der Waals surface area contributed by atoms with E-state index in [1.165, 1.54) is 0 Å². The van der Waals surface area contributed by atoms with Crippen LogP contribution >= 0.6 is 0 Å². The minimum atomic E-state index is -0.845. The molecule has 0 bridgehead atoms. The predicted octanol–water partition coefficient (Wildman–Crippen LogP) is 5.83. The van der Waals surface area contributed by atoms with Gasteiger partial charge in [-0.2, -0.15) is 0 Å². The standard InChI is InChI=1S/C20H38F2O4/c21-15-9-5-1-3-7-11-17-25-20(14-13-19(23)24)26-18-12-8-4-2-6-10-16-22/h20H,1-18H2,(H,23,24). The molecule has 0 saturated heterocycles. The summed E-state index contributed by atoms with van der Waals surface area (Å²) in [4.78, 5) is 10.7. The summed E-state index contributed by atoms with van der Waals surface area (Å²) in [6.07, 6.45) is 11.3. The molecule has 0 spiro atoms. The first-order valence-electron chi connectivity index (χ1n) is 10.3. The quantitative estimate of drug-likeness (QED) is 0.201. The van der Waals surface area contributed by atoms with Crippen LogP contribution in [0.25, 0.3) is 0 Å². The van der Waals surface area contributed by atoms with E-state index in [1.807, 2.05) is 0 Å². The SMILES string of the molecule is O=C(O)CCC(OCCCCCCCCF)OCCCCCCCCF. The van der Waals surface area contributed by atoms with E-state index < -0.39 is 12.3 Å². The fourth-order valence-electron chi connectivity index (χ4n) is 2.69. The zero-order valence-electron chi connectivity index (χ0n) is 16.2. The first-order valence-corrected chi connectivity index (χ1v) is 10.3. The van der Waals surface area contributed by atoms with Gasteiger partial charge < -0.3 is 14.6 Å². The normalized spacial score (nSPS) is 11.3. The molecule has 0 heterocycles. The smallest absolute Gasteiger partial charge is 0.303 e. The average Bonchev–Trinajstić information content (AvgIpc) is 2.63. The van der Waals surface area contributed by atoms with E-state index >= 15 is 0 Å². The van der Waals surface area contributed by atoms with Crippen LogP contribution in [0, 0.1) is 0 Å². The predicted molar refractivity (Wildman–Crippen MR) is 99.9 cm³/mol. The van der Waals surface area contributed by atoms with Crippen molar-refractivity contribution < 1.29 is 28.2 Å². The van der Waals surface area contributed by atoms with Crippen LogP contribution in [0.5, 0.6) is 0 Å². The maximum absolute atomic E-state index is 12.0. The van der Waals surface area contributed by atoms with Gasteiger partial charge in [0, 0.05) is 19.6 Å². The van der Waals surface area contributed by atoms with Gasteiger partial charge in [0.25, 0.3) is 0 Å². The van der Waals surface area contributed by atoms with Crippen LogP contribution in [-0.2, 0) is 14.3 Å². The van der Waals surface area contributed by atoms with E-state index in [0.29, 0.717) is 32.5 Å². The Labute approximate surface area is 157 Å². The molecule has 0 aliphatic heterocycles. The number of alkyl halides is 2. The Balaban J connectivity index is 3.68. The Kier molecular flexibility index (Phi) is 20.0. The highest BCUT2D eigenvalue weighted by Crippen LogP contribution is 2.11. The second kappa shape index (κ2) is 20.6. The van der Waals surface area contributed by atoms with Crippen molar-refractivity contribution in [2.24, 2.45) is 0 Å². The summed E-state index contributed by atoms with van der Waals surface area (Å²) in [6.45, 7) is 0.667. The Morgan fingerprint density at radius 1 is 0.692 bits per heavy atom. The number of hydrogen-bond acceptors (Lipinski definition) is 3. The van der Waals surface area contributed by atoms with Gasteiger partial charge in [-0.15, -0.1) is 0 Å². The zero-order chi connectivity index (χ0) is 19.3. The number of carboxylic acids is 1. The van der Waals surface area contributed by atoms with Gasteiger partial charge in [0.05, 0.1) is 19.8 Å². The Morgan fingerprint density at radius 3 is 1.46 bits per heavy atom. The van der Waals surface area contributed by atoms with Crippen molar-refractivity contribution in [3.05, 3.63) is 0 Å². The fraction of sp³-hybridized carbons (Fsp3) is 0.950. The lowest BCUT2D eigenvalue weighted by molar-refractivity contribution is -0.156. The topological polar surface area (TPSA) is 55.8 Å². The van der Waals surface area contributed by atoms with Crippen LogP contribution < -0.4 is 0 Å². The minimum absolute atomic E-state index is 0.0388. The molecule has 4 nitrogen and oxygen atoms in total. The summed E-state index contributed by atoms with van der Waals surface area (Å²) >= 11 is 0. The second-order valence-corrected chi connectivity index (χ2v) is 6.72. The fourth-order valence-corrected chi connectivity index (χ4v) is 2.69. The summed E-state index contributed by atoms with van der Waals surface area (Å²) in [5, 5.41) is 8.82. The number of carbonyl (C=O) groups is 1. The van der Waals surface area contributed by atoms with Gasteiger partial charge in [0.1, 0.15) is 0 Å². The molecule has 0 unspecified atom stereocenters. The zero-order valence-corrected chi connectivity index (χ0v) is 16.2. The lowest BCUT2D eigenvalue weighted by atomic mass is 10.1. The summed E-state index contributed by atoms with van der Waals surface area (Å²) in [7, 11) is 0. The molecule has 0 aliphatic rings. The third kappa shape index (κ3) is 19.6. The largest absolute Gasteiger partial charge is 0.481 e. The van der Waals surface area contributed by atoms with Crippen LogP contribution in [-0.4, -0.2) is 43.9 Å². The molecule has 0 saturated carbocycles. The molecule has 0 fully saturated rings. The molecule has 0 aromatic rings. The monoisotopic (exact) mass is 380 g/mol. The lowest BCUT2D eigenvalue weighted by Crippen LogP contribution is -2.20. The molecule has 6 heteroatoms. The number of halogens is 2. The maximum Gasteiger partial charge on any atom is 0.303 e. The molecule has 0 atom stereocenters. The first kappa shape index (κ1) is 25.2. The van der Waals surface area contributed by atoms with Crippen LogP contribution in [0.3, 0.4) is 0 Å². The van der Waals surface area contributed by atoms with Gasteiger partial charge in [0.15, 0.2) is 6.29 Å². The van der Waals surface area contributed by atoms with Crippen molar-refractivity contribution in [3.8, 4) is 0 Å². The van der Waals surface area contributed by atoms with Crippen molar-refractivity contribution in [2.75, 3.05) is 26.6 Å². The number of aliphatic carboxylic acids is 1. The molecule has 0 radical (unpaired) electrons. The number of ether oxygens (including phenoxy) is 2. The highest BCUT2D eigenvalue weighted by Gasteiger charge is 2.11. The van der Waals surface area contributed by atoms with Gasteiger partial charge in [-0.1, -0.05) is 51.4 Å². The first-order chi connectivity index (χ1) is 12.7. The van der Waals surface area contributed by atoms with E-state index in [1.54, 1.807) is 0 Å². The van der Waals surface area contributed by atoms with Crippen molar-refractivity contribution in [1.82, 2.24) is 0 Å². The molecular formula is C20H38F2O4. The summed E-state index contributed by atoms with van der Waals surface area (Å²) in [5.74, 6) is -0.845. The van der Waals surface area contributed by atoms with E-state index in [2.05, 4.69) is 0 Å². The molecule has 0 amide bonds. The highest BCUT2D eigenvalue weighted by atomic mass is 19.1. The summed E-state index contributed by atoms with van der Waals surface area (Å²) < 4.78 is 35.3. The van der Waals surface area contributed by atoms with Gasteiger partial charge in [0.2, 0.25) is 0 Å². The minimum Gasteiger partial charge on any atom is -0.481 e. The van der Waals surface area contributed by atoms with Gasteiger partial charge >= 0.3 is 5.97 Å². The van der Waals surface area contributed by atoms with Gasteiger partial charge in [-0.05, 0) is 25.7 Å². The molecule has 0 aliphatic carbocycles. The number of carboxylic acid groups (broad SMARTS) is 1. The molecular weight excluding hydrogens is 342 g/mol. The van der Waals surface area contributed by atoms with Crippen molar-refractivity contribution >= 4 is 5.97 Å². The molecule has 0 rings (SSSR count). The summed E-state index contributed by atoms with van der Waals surface area (Å²) in [6, 6.07) is 0. The van der Waals surface area contributed by atoms with Crippen molar-refractivity contribution in [2.45, 2.75) is 96.2 Å². The lowest BCUT2D eigenvalue weighted by Gasteiger charge is -2.18. The third-order valence-electron chi connectivity index (χ3n) is 4.26. The Hall–Kier alpha value is -0.750. The number of unbranched alkanes of at least 4 members (excludes halogenated alkanes) is 10. The van der Waals surface area contributed by atoms with E-state index in [-0.39, 0.29) is 19.8 Å². The van der Waals surface area contributed by atoms with Crippen LogP contribution in [0.4, 0.5) is 8.78 Å². The molecule has 26 heavy (non-hydrogen) atoms. The molecule has 1 N–H and O–H groups in total. The Bertz CT molecular complexity index is 284. The van der Waals surface area contributed by atoms with E-state index in [0.717, 1.165) is 64.2 Å². The van der Waals surface area contributed by atoms with Crippen LogP contribution in [0.1, 0.15) is 89.9 Å². The van der Waals surface area contributed by atoms with E-state index in [4.69, 9.17) is 14.6 Å². The number of hydrogen-bond donors (Lipinski definition) is 1. The average molecular weight is 381 g/mol. The highest BCUT2D eigenvalue weighted by molar-refractivity contribution is 5.66.